The SMILES string of the molecule is CC(C)(C)OC(=O)N(c1ccc(F)cn1)S(=O)(=O)c1cc(Cl)c(Br)cc1F. The topological polar surface area (TPSA) is 76.6 Å². The Kier molecular flexibility index (Phi) is 6.13. The normalized spacial score (nSPS) is 12.0. The van der Waals surface area contributed by atoms with E-state index in [1.807, 2.05) is 0 Å². The van der Waals surface area contributed by atoms with Gasteiger partial charge < -0.3 is 4.74 Å². The van der Waals surface area contributed by atoms with Crippen LogP contribution in [0.1, 0.15) is 20.8 Å². The van der Waals surface area contributed by atoms with E-state index in [2.05, 4.69) is 20.9 Å². The van der Waals surface area contributed by atoms with Gasteiger partial charge in [0.15, 0.2) is 5.82 Å². The zero-order valence-electron chi connectivity index (χ0n) is 14.3. The van der Waals surface area contributed by atoms with Crippen molar-refractivity contribution >= 4 is 49.5 Å². The summed E-state index contributed by atoms with van der Waals surface area (Å²) in [5.74, 6) is -2.37. The number of carbonyl (C=O) groups is 1. The first-order chi connectivity index (χ1) is 12.3. The van der Waals surface area contributed by atoms with Crippen molar-refractivity contribution < 1.29 is 26.7 Å². The van der Waals surface area contributed by atoms with Gasteiger partial charge in [0, 0.05) is 4.47 Å². The number of sulfonamides is 1. The first-order valence-corrected chi connectivity index (χ1v) is 9.98. The fourth-order valence-electron chi connectivity index (χ4n) is 1.91. The molecule has 0 radical (unpaired) electrons. The summed E-state index contributed by atoms with van der Waals surface area (Å²) in [5, 5.41) is -0.0915. The lowest BCUT2D eigenvalue weighted by molar-refractivity contribution is 0.0608. The van der Waals surface area contributed by atoms with Gasteiger partial charge in [0.25, 0.3) is 10.0 Å². The zero-order chi connectivity index (χ0) is 20.6. The first kappa shape index (κ1) is 21.5. The molecule has 1 aromatic carbocycles. The molecule has 0 aliphatic heterocycles. The molecule has 0 aliphatic rings. The minimum atomic E-state index is -4.81. The number of amides is 1. The smallest absolute Gasteiger partial charge is 0.430 e. The van der Waals surface area contributed by atoms with Crippen LogP contribution in [0.15, 0.2) is 39.8 Å². The number of hydrogen-bond donors (Lipinski definition) is 0. The largest absolute Gasteiger partial charge is 0.443 e. The molecule has 27 heavy (non-hydrogen) atoms. The number of anilines is 1. The number of hydrogen-bond acceptors (Lipinski definition) is 5. The van der Waals surface area contributed by atoms with E-state index in [1.54, 1.807) is 0 Å². The summed E-state index contributed by atoms with van der Waals surface area (Å²) in [4.78, 5) is 15.3. The van der Waals surface area contributed by atoms with Crippen molar-refractivity contribution in [1.82, 2.24) is 4.98 Å². The van der Waals surface area contributed by atoms with Crippen LogP contribution in [0.5, 0.6) is 0 Å². The lowest BCUT2D eigenvalue weighted by Crippen LogP contribution is -2.41. The average molecular weight is 484 g/mol. The van der Waals surface area contributed by atoms with Gasteiger partial charge in [0.2, 0.25) is 0 Å². The minimum absolute atomic E-state index is 0.0915. The third-order valence-electron chi connectivity index (χ3n) is 2.97. The highest BCUT2D eigenvalue weighted by atomic mass is 79.9. The Morgan fingerprint density at radius 2 is 1.89 bits per heavy atom. The Morgan fingerprint density at radius 1 is 1.26 bits per heavy atom. The molecule has 146 valence electrons. The van der Waals surface area contributed by atoms with Crippen LogP contribution in [0.3, 0.4) is 0 Å². The number of pyridine rings is 1. The van der Waals surface area contributed by atoms with Gasteiger partial charge in [-0.1, -0.05) is 11.6 Å². The van der Waals surface area contributed by atoms with E-state index in [-0.39, 0.29) is 13.8 Å². The summed E-state index contributed by atoms with van der Waals surface area (Å²) in [6.45, 7) is 4.56. The maximum absolute atomic E-state index is 14.3. The summed E-state index contributed by atoms with van der Waals surface area (Å²) < 4.78 is 58.9. The number of halogens is 4. The molecule has 6 nitrogen and oxygen atoms in total. The standard InChI is InChI=1S/C16H14BrClF2N2O4S/c1-16(2,3)26-15(23)22(14-5-4-9(19)8-21-14)27(24,25)13-7-11(18)10(17)6-12(13)20/h4-8H,1-3H3. The Balaban J connectivity index is 2.66. The van der Waals surface area contributed by atoms with Crippen molar-refractivity contribution in [2.24, 2.45) is 0 Å². The van der Waals surface area contributed by atoms with Gasteiger partial charge in [0.05, 0.1) is 11.2 Å². The molecule has 11 heteroatoms. The molecular weight excluding hydrogens is 470 g/mol. The highest BCUT2D eigenvalue weighted by Gasteiger charge is 2.37. The van der Waals surface area contributed by atoms with E-state index in [0.29, 0.717) is 6.20 Å². The number of rotatable bonds is 3. The van der Waals surface area contributed by atoms with E-state index in [1.165, 1.54) is 20.8 Å². The zero-order valence-corrected chi connectivity index (χ0v) is 17.5. The molecule has 0 atom stereocenters. The van der Waals surface area contributed by atoms with Crippen molar-refractivity contribution in [3.05, 3.63) is 51.6 Å². The quantitative estimate of drug-likeness (QED) is 0.580. The van der Waals surface area contributed by atoms with E-state index in [9.17, 15) is 22.0 Å². The maximum Gasteiger partial charge on any atom is 0.430 e. The van der Waals surface area contributed by atoms with Gasteiger partial charge in [-0.15, -0.1) is 0 Å². The summed E-state index contributed by atoms with van der Waals surface area (Å²) in [7, 11) is -4.81. The molecule has 1 amide bonds. The summed E-state index contributed by atoms with van der Waals surface area (Å²) in [6.07, 6.45) is -0.618. The first-order valence-electron chi connectivity index (χ1n) is 7.37. The number of benzene rings is 1. The van der Waals surface area contributed by atoms with Crippen molar-refractivity contribution in [2.45, 2.75) is 31.3 Å². The molecule has 0 fully saturated rings. The van der Waals surface area contributed by atoms with Gasteiger partial charge in [-0.2, -0.15) is 4.31 Å². The lowest BCUT2D eigenvalue weighted by Gasteiger charge is -2.26. The molecule has 2 aromatic rings. The van der Waals surface area contributed by atoms with Crippen LogP contribution >= 0.6 is 27.5 Å². The maximum atomic E-state index is 14.3. The second kappa shape index (κ2) is 7.69. The molecule has 0 spiro atoms. The van der Waals surface area contributed by atoms with Crippen molar-refractivity contribution in [3.63, 3.8) is 0 Å². The second-order valence-corrected chi connectivity index (χ2v) is 9.30. The van der Waals surface area contributed by atoms with Crippen LogP contribution in [-0.2, 0) is 14.8 Å². The molecule has 0 saturated carbocycles. The molecule has 1 heterocycles. The molecule has 0 aliphatic carbocycles. The molecule has 2 rings (SSSR count). The molecular formula is C16H14BrClF2N2O4S. The van der Waals surface area contributed by atoms with Crippen LogP contribution in [-0.4, -0.2) is 25.1 Å². The van der Waals surface area contributed by atoms with Gasteiger partial charge in [-0.3, -0.25) is 0 Å². The summed E-state index contributed by atoms with van der Waals surface area (Å²) >= 11 is 8.85. The van der Waals surface area contributed by atoms with E-state index in [0.717, 1.165) is 24.3 Å². The monoisotopic (exact) mass is 482 g/mol. The lowest BCUT2D eigenvalue weighted by atomic mass is 10.2. The van der Waals surface area contributed by atoms with Gasteiger partial charge in [-0.25, -0.2) is 27.0 Å². The Morgan fingerprint density at radius 3 is 2.41 bits per heavy atom. The van der Waals surface area contributed by atoms with Crippen LogP contribution in [0, 0.1) is 11.6 Å². The van der Waals surface area contributed by atoms with Crippen molar-refractivity contribution in [3.8, 4) is 0 Å². The molecule has 0 unspecified atom stereocenters. The van der Waals surface area contributed by atoms with Gasteiger partial charge >= 0.3 is 6.09 Å². The minimum Gasteiger partial charge on any atom is -0.443 e. The number of carbonyl (C=O) groups excluding carboxylic acids is 1. The number of ether oxygens (including phenoxy) is 1. The molecule has 0 saturated heterocycles. The summed E-state index contributed by atoms with van der Waals surface area (Å²) in [6, 6.07) is 3.55. The molecule has 1 aromatic heterocycles. The average Bonchev–Trinajstić information content (AvgIpc) is 2.51. The molecule has 0 N–H and O–H groups in total. The fourth-order valence-corrected chi connectivity index (χ4v) is 3.81. The highest BCUT2D eigenvalue weighted by molar-refractivity contribution is 9.10. The van der Waals surface area contributed by atoms with Crippen molar-refractivity contribution in [2.75, 3.05) is 4.31 Å². The van der Waals surface area contributed by atoms with Crippen LogP contribution in [0.2, 0.25) is 5.02 Å². The Bertz CT molecular complexity index is 979. The fraction of sp³-hybridized carbons (Fsp3) is 0.250. The third kappa shape index (κ3) is 4.94. The van der Waals surface area contributed by atoms with E-state index < -0.39 is 44.1 Å². The molecule has 0 bridgehead atoms. The van der Waals surface area contributed by atoms with Gasteiger partial charge in [-0.05, 0) is 61.0 Å². The van der Waals surface area contributed by atoms with Gasteiger partial charge in [0.1, 0.15) is 22.1 Å². The highest BCUT2D eigenvalue weighted by Crippen LogP contribution is 2.32. The Hall–Kier alpha value is -1.78. The second-order valence-electron chi connectivity index (χ2n) is 6.28. The van der Waals surface area contributed by atoms with Crippen molar-refractivity contribution in [1.29, 1.82) is 0 Å². The summed E-state index contributed by atoms with van der Waals surface area (Å²) in [5.41, 5.74) is -1.05. The van der Waals surface area contributed by atoms with E-state index >= 15 is 0 Å². The number of nitrogens with zero attached hydrogens (tertiary/aromatic N) is 2. The predicted octanol–water partition coefficient (Wildman–Crippen LogP) is 4.91. The van der Waals surface area contributed by atoms with Crippen LogP contribution < -0.4 is 4.31 Å². The van der Waals surface area contributed by atoms with Crippen LogP contribution in [0.4, 0.5) is 19.4 Å². The Labute approximate surface area is 168 Å². The predicted molar refractivity (Wildman–Crippen MR) is 99.2 cm³/mol. The van der Waals surface area contributed by atoms with E-state index in [4.69, 9.17) is 16.3 Å². The van der Waals surface area contributed by atoms with Crippen LogP contribution in [0.25, 0.3) is 0 Å². The third-order valence-corrected chi connectivity index (χ3v) is 5.85. The number of aromatic nitrogens is 1.